The number of nitrogens with zero attached hydrogens (tertiary/aromatic N) is 2. The van der Waals surface area contributed by atoms with Crippen molar-refractivity contribution in [1.29, 1.82) is 0 Å². The molecule has 1 aromatic carbocycles. The highest BCUT2D eigenvalue weighted by atomic mass is 15.1. The van der Waals surface area contributed by atoms with E-state index in [0.29, 0.717) is 0 Å². The molecule has 0 spiro atoms. The summed E-state index contributed by atoms with van der Waals surface area (Å²) in [7, 11) is 0. The summed E-state index contributed by atoms with van der Waals surface area (Å²) in [4.78, 5) is 9.63. The predicted molar refractivity (Wildman–Crippen MR) is 61.8 cm³/mol. The summed E-state index contributed by atoms with van der Waals surface area (Å²) in [6.45, 7) is 3.95. The van der Waals surface area contributed by atoms with Gasteiger partial charge in [-0.05, 0) is 19.1 Å². The second kappa shape index (κ2) is 4.64. The highest BCUT2D eigenvalue weighted by Crippen LogP contribution is 2.14. The molecule has 15 heavy (non-hydrogen) atoms. The number of H-pyrrole nitrogens is 1. The Hall–Kier alpha value is -1.77. The van der Waals surface area contributed by atoms with Gasteiger partial charge in [0.25, 0.3) is 0 Å². The number of hydrogen-bond donors (Lipinski definition) is 1. The van der Waals surface area contributed by atoms with E-state index in [9.17, 15) is 0 Å². The standard InChI is InChI=1S/C12H15N3/c1-2-15(10-12-13-8-9-14-12)11-6-4-3-5-7-11/h3-9H,2,10H2,1H3,(H,13,14). The Kier molecular flexibility index (Phi) is 3.02. The molecule has 0 radical (unpaired) electrons. The molecule has 0 saturated heterocycles. The van der Waals surface area contributed by atoms with Crippen LogP contribution in [0.4, 0.5) is 5.69 Å². The maximum atomic E-state index is 4.23. The molecule has 1 N–H and O–H groups in total. The lowest BCUT2D eigenvalue weighted by molar-refractivity contribution is 0.793. The molecular weight excluding hydrogens is 186 g/mol. The van der Waals surface area contributed by atoms with Gasteiger partial charge >= 0.3 is 0 Å². The molecule has 3 heteroatoms. The molecule has 0 saturated carbocycles. The molecule has 0 fully saturated rings. The van der Waals surface area contributed by atoms with Crippen molar-refractivity contribution in [3.05, 3.63) is 48.5 Å². The van der Waals surface area contributed by atoms with Crippen LogP contribution in [0.1, 0.15) is 12.7 Å². The van der Waals surface area contributed by atoms with E-state index in [2.05, 4.69) is 46.1 Å². The number of hydrogen-bond acceptors (Lipinski definition) is 2. The Bertz CT molecular complexity index is 381. The van der Waals surface area contributed by atoms with Crippen molar-refractivity contribution in [2.75, 3.05) is 11.4 Å². The van der Waals surface area contributed by atoms with Crippen LogP contribution in [-0.4, -0.2) is 16.5 Å². The molecule has 0 unspecified atom stereocenters. The fraction of sp³-hybridized carbons (Fsp3) is 0.250. The van der Waals surface area contributed by atoms with Crippen molar-refractivity contribution in [2.24, 2.45) is 0 Å². The van der Waals surface area contributed by atoms with Gasteiger partial charge in [-0.2, -0.15) is 0 Å². The van der Waals surface area contributed by atoms with E-state index in [1.807, 2.05) is 12.3 Å². The summed E-state index contributed by atoms with van der Waals surface area (Å²) in [6.07, 6.45) is 3.64. The third-order valence-electron chi connectivity index (χ3n) is 2.40. The third kappa shape index (κ3) is 2.37. The van der Waals surface area contributed by atoms with Crippen LogP contribution in [0.25, 0.3) is 0 Å². The Balaban J connectivity index is 2.12. The molecule has 2 aromatic rings. The molecule has 1 heterocycles. The van der Waals surface area contributed by atoms with Gasteiger partial charge in [-0.25, -0.2) is 4.98 Å². The van der Waals surface area contributed by atoms with Gasteiger partial charge in [0.2, 0.25) is 0 Å². The van der Waals surface area contributed by atoms with Crippen molar-refractivity contribution >= 4 is 5.69 Å². The van der Waals surface area contributed by atoms with Crippen LogP contribution in [0.15, 0.2) is 42.7 Å². The van der Waals surface area contributed by atoms with Crippen molar-refractivity contribution in [3.63, 3.8) is 0 Å². The Morgan fingerprint density at radius 2 is 2.07 bits per heavy atom. The molecule has 0 aliphatic rings. The number of imidazole rings is 1. The minimum Gasteiger partial charge on any atom is -0.364 e. The van der Waals surface area contributed by atoms with Gasteiger partial charge in [0.05, 0.1) is 6.54 Å². The van der Waals surface area contributed by atoms with Crippen LogP contribution in [0.5, 0.6) is 0 Å². The highest BCUT2D eigenvalue weighted by molar-refractivity contribution is 5.45. The van der Waals surface area contributed by atoms with E-state index in [1.165, 1.54) is 5.69 Å². The number of aromatic nitrogens is 2. The molecule has 3 nitrogen and oxygen atoms in total. The monoisotopic (exact) mass is 201 g/mol. The molecule has 78 valence electrons. The van der Waals surface area contributed by atoms with Gasteiger partial charge in [-0.15, -0.1) is 0 Å². The number of nitrogens with one attached hydrogen (secondary N) is 1. The zero-order chi connectivity index (χ0) is 10.5. The molecule has 0 amide bonds. The van der Waals surface area contributed by atoms with Crippen LogP contribution < -0.4 is 4.90 Å². The quantitative estimate of drug-likeness (QED) is 0.824. The summed E-state index contributed by atoms with van der Waals surface area (Å²) >= 11 is 0. The van der Waals surface area contributed by atoms with Crippen molar-refractivity contribution in [2.45, 2.75) is 13.5 Å². The Morgan fingerprint density at radius 3 is 2.67 bits per heavy atom. The Morgan fingerprint density at radius 1 is 1.27 bits per heavy atom. The molecule has 0 atom stereocenters. The van der Waals surface area contributed by atoms with E-state index < -0.39 is 0 Å². The number of benzene rings is 1. The molecular formula is C12H15N3. The van der Waals surface area contributed by atoms with Crippen molar-refractivity contribution in [3.8, 4) is 0 Å². The average Bonchev–Trinajstić information content (AvgIpc) is 2.80. The van der Waals surface area contributed by atoms with E-state index in [-0.39, 0.29) is 0 Å². The molecule has 0 aliphatic heterocycles. The largest absolute Gasteiger partial charge is 0.364 e. The second-order valence-corrected chi connectivity index (χ2v) is 3.39. The predicted octanol–water partition coefficient (Wildman–Crippen LogP) is 2.44. The van der Waals surface area contributed by atoms with E-state index in [0.717, 1.165) is 18.9 Å². The van der Waals surface area contributed by atoms with Crippen LogP contribution in [-0.2, 0) is 6.54 Å². The SMILES string of the molecule is CCN(Cc1ncc[nH]1)c1ccccc1. The minimum atomic E-state index is 0.827. The summed E-state index contributed by atoms with van der Waals surface area (Å²) in [5, 5.41) is 0. The van der Waals surface area contributed by atoms with Crippen LogP contribution >= 0.6 is 0 Å². The number of rotatable bonds is 4. The van der Waals surface area contributed by atoms with E-state index >= 15 is 0 Å². The highest BCUT2D eigenvalue weighted by Gasteiger charge is 2.05. The van der Waals surface area contributed by atoms with Gasteiger partial charge < -0.3 is 9.88 Å². The first-order chi connectivity index (χ1) is 7.40. The zero-order valence-corrected chi connectivity index (χ0v) is 8.85. The maximum Gasteiger partial charge on any atom is 0.125 e. The summed E-state index contributed by atoms with van der Waals surface area (Å²) < 4.78 is 0. The lowest BCUT2D eigenvalue weighted by Crippen LogP contribution is -2.22. The molecule has 0 bridgehead atoms. The normalized spacial score (nSPS) is 10.2. The zero-order valence-electron chi connectivity index (χ0n) is 8.85. The van der Waals surface area contributed by atoms with Crippen LogP contribution in [0.2, 0.25) is 0 Å². The minimum absolute atomic E-state index is 0.827. The first-order valence-electron chi connectivity index (χ1n) is 5.18. The molecule has 1 aromatic heterocycles. The topological polar surface area (TPSA) is 31.9 Å². The fourth-order valence-electron chi connectivity index (χ4n) is 1.59. The second-order valence-electron chi connectivity index (χ2n) is 3.39. The third-order valence-corrected chi connectivity index (χ3v) is 2.40. The number of anilines is 1. The van der Waals surface area contributed by atoms with Gasteiger partial charge in [-0.3, -0.25) is 0 Å². The fourth-order valence-corrected chi connectivity index (χ4v) is 1.59. The summed E-state index contributed by atoms with van der Waals surface area (Å²) in [5.74, 6) is 1.00. The van der Waals surface area contributed by atoms with Gasteiger partial charge in [0.1, 0.15) is 5.82 Å². The lowest BCUT2D eigenvalue weighted by atomic mass is 10.3. The number of para-hydroxylation sites is 1. The molecule has 0 aliphatic carbocycles. The summed E-state index contributed by atoms with van der Waals surface area (Å²) in [6, 6.07) is 10.4. The summed E-state index contributed by atoms with van der Waals surface area (Å²) in [5.41, 5.74) is 1.23. The van der Waals surface area contributed by atoms with Crippen LogP contribution in [0.3, 0.4) is 0 Å². The van der Waals surface area contributed by atoms with Gasteiger partial charge in [0.15, 0.2) is 0 Å². The smallest absolute Gasteiger partial charge is 0.125 e. The van der Waals surface area contributed by atoms with Crippen LogP contribution in [0, 0.1) is 0 Å². The Labute approximate surface area is 89.8 Å². The van der Waals surface area contributed by atoms with Gasteiger partial charge in [-0.1, -0.05) is 18.2 Å². The lowest BCUT2D eigenvalue weighted by Gasteiger charge is -2.21. The van der Waals surface area contributed by atoms with E-state index in [4.69, 9.17) is 0 Å². The number of aromatic amines is 1. The van der Waals surface area contributed by atoms with Crippen molar-refractivity contribution < 1.29 is 0 Å². The van der Waals surface area contributed by atoms with Gasteiger partial charge in [0, 0.05) is 24.6 Å². The van der Waals surface area contributed by atoms with E-state index in [1.54, 1.807) is 6.20 Å². The average molecular weight is 201 g/mol. The van der Waals surface area contributed by atoms with Crippen molar-refractivity contribution in [1.82, 2.24) is 9.97 Å². The first kappa shape index (κ1) is 9.77. The first-order valence-corrected chi connectivity index (χ1v) is 5.18. The molecule has 2 rings (SSSR count). The maximum absolute atomic E-state index is 4.23.